The highest BCUT2D eigenvalue weighted by molar-refractivity contribution is 6.38. The van der Waals surface area contributed by atoms with Crippen molar-refractivity contribution in [2.24, 2.45) is 0 Å². The van der Waals surface area contributed by atoms with Crippen LogP contribution in [0.25, 0.3) is 16.8 Å². The molecule has 0 aliphatic rings. The Morgan fingerprint density at radius 3 is 2.75 bits per heavy atom. The Balaban J connectivity index is 2.32. The first kappa shape index (κ1) is 13.4. The molecular formula is C15H13Cl2N3. The summed E-state index contributed by atoms with van der Waals surface area (Å²) in [7, 11) is 0. The van der Waals surface area contributed by atoms with Gasteiger partial charge >= 0.3 is 0 Å². The summed E-state index contributed by atoms with van der Waals surface area (Å²) in [6.45, 7) is 4.08. The topological polar surface area (TPSA) is 30.2 Å². The van der Waals surface area contributed by atoms with Gasteiger partial charge < -0.3 is 0 Å². The minimum absolute atomic E-state index is 0.406. The number of aromatic nitrogens is 3. The van der Waals surface area contributed by atoms with Crippen LogP contribution in [0.5, 0.6) is 0 Å². The molecule has 0 aliphatic heterocycles. The van der Waals surface area contributed by atoms with Crippen LogP contribution in [0.15, 0.2) is 30.5 Å². The Morgan fingerprint density at radius 1 is 1.25 bits per heavy atom. The molecule has 0 fully saturated rings. The third-order valence-corrected chi connectivity index (χ3v) is 3.93. The fourth-order valence-corrected chi connectivity index (χ4v) is 2.92. The average molecular weight is 306 g/mol. The molecule has 20 heavy (non-hydrogen) atoms. The molecule has 0 saturated carbocycles. The van der Waals surface area contributed by atoms with Crippen molar-refractivity contribution in [3.05, 3.63) is 51.9 Å². The van der Waals surface area contributed by atoms with Crippen molar-refractivity contribution >= 4 is 28.8 Å². The van der Waals surface area contributed by atoms with Crippen molar-refractivity contribution < 1.29 is 0 Å². The Hall–Kier alpha value is -1.58. The summed E-state index contributed by atoms with van der Waals surface area (Å²) in [4.78, 5) is 4.45. The molecule has 3 rings (SSSR count). The van der Waals surface area contributed by atoms with Gasteiger partial charge in [0.15, 0.2) is 5.65 Å². The van der Waals surface area contributed by atoms with Crippen LogP contribution in [-0.4, -0.2) is 14.6 Å². The van der Waals surface area contributed by atoms with E-state index in [9.17, 15) is 0 Å². The van der Waals surface area contributed by atoms with Crippen LogP contribution in [0.1, 0.15) is 18.1 Å². The number of rotatable bonds is 2. The Morgan fingerprint density at radius 2 is 2.05 bits per heavy atom. The number of hydrogen-bond donors (Lipinski definition) is 0. The smallest absolute Gasteiger partial charge is 0.161 e. The zero-order valence-electron chi connectivity index (χ0n) is 11.2. The highest BCUT2D eigenvalue weighted by Gasteiger charge is 2.17. The van der Waals surface area contributed by atoms with E-state index in [4.69, 9.17) is 23.2 Å². The van der Waals surface area contributed by atoms with Gasteiger partial charge in [-0.25, -0.2) is 9.50 Å². The predicted molar refractivity (Wildman–Crippen MR) is 82.6 cm³/mol. The maximum atomic E-state index is 6.48. The van der Waals surface area contributed by atoms with Crippen LogP contribution in [-0.2, 0) is 6.42 Å². The first-order valence-corrected chi connectivity index (χ1v) is 7.16. The molecule has 1 aromatic carbocycles. The Kier molecular flexibility index (Phi) is 3.40. The second-order valence-corrected chi connectivity index (χ2v) is 5.41. The molecule has 0 atom stereocenters. The lowest BCUT2D eigenvalue weighted by Gasteiger charge is -2.09. The van der Waals surface area contributed by atoms with Crippen molar-refractivity contribution in [1.82, 2.24) is 14.6 Å². The van der Waals surface area contributed by atoms with Crippen LogP contribution >= 0.6 is 23.2 Å². The molecule has 2 aromatic heterocycles. The summed E-state index contributed by atoms with van der Waals surface area (Å²) in [5.74, 6) is 0. The quantitative estimate of drug-likeness (QED) is 0.649. The average Bonchev–Trinajstić information content (AvgIpc) is 2.82. The van der Waals surface area contributed by atoms with Crippen molar-refractivity contribution in [2.75, 3.05) is 0 Å². The molecule has 0 radical (unpaired) electrons. The van der Waals surface area contributed by atoms with E-state index in [-0.39, 0.29) is 0 Å². The lowest BCUT2D eigenvalue weighted by atomic mass is 10.1. The molecule has 0 aliphatic carbocycles. The third kappa shape index (κ3) is 2.07. The number of hydrogen-bond acceptors (Lipinski definition) is 2. The normalized spacial score (nSPS) is 11.2. The number of fused-ring (bicyclic) bond motifs is 1. The molecule has 3 aromatic rings. The minimum atomic E-state index is 0.406. The zero-order valence-corrected chi connectivity index (χ0v) is 12.7. The van der Waals surface area contributed by atoms with E-state index in [2.05, 4.69) is 17.0 Å². The van der Waals surface area contributed by atoms with Crippen LogP contribution in [0, 0.1) is 6.92 Å². The van der Waals surface area contributed by atoms with Gasteiger partial charge in [-0.3, -0.25) is 0 Å². The Bertz CT molecular complexity index is 793. The van der Waals surface area contributed by atoms with E-state index in [1.165, 1.54) is 0 Å². The van der Waals surface area contributed by atoms with Gasteiger partial charge in [0.25, 0.3) is 0 Å². The number of benzene rings is 1. The minimum Gasteiger partial charge on any atom is -0.216 e. The first-order chi connectivity index (χ1) is 9.61. The molecule has 0 unspecified atom stereocenters. The SMILES string of the molecule is CCc1cnn2c(Cl)c(-c3cccc(C)c3)c(Cl)nc12. The van der Waals surface area contributed by atoms with Crippen LogP contribution in [0.2, 0.25) is 10.3 Å². The molecule has 0 saturated heterocycles. The fraction of sp³-hybridized carbons (Fsp3) is 0.200. The lowest BCUT2D eigenvalue weighted by molar-refractivity contribution is 0.942. The summed E-state index contributed by atoms with van der Waals surface area (Å²) in [6.07, 6.45) is 2.62. The van der Waals surface area contributed by atoms with E-state index >= 15 is 0 Å². The van der Waals surface area contributed by atoms with Crippen LogP contribution < -0.4 is 0 Å². The van der Waals surface area contributed by atoms with Gasteiger partial charge in [-0.05, 0) is 18.9 Å². The monoisotopic (exact) mass is 305 g/mol. The first-order valence-electron chi connectivity index (χ1n) is 6.40. The fourth-order valence-electron chi connectivity index (χ4n) is 2.27. The van der Waals surface area contributed by atoms with Crippen molar-refractivity contribution in [3.8, 4) is 11.1 Å². The van der Waals surface area contributed by atoms with Gasteiger partial charge in [0.2, 0.25) is 0 Å². The largest absolute Gasteiger partial charge is 0.216 e. The van der Waals surface area contributed by atoms with Crippen molar-refractivity contribution in [2.45, 2.75) is 20.3 Å². The summed E-state index contributed by atoms with van der Waals surface area (Å²) in [5.41, 5.74) is 4.56. The predicted octanol–water partition coefficient (Wildman–Crippen LogP) is 4.57. The van der Waals surface area contributed by atoms with Crippen LogP contribution in [0.4, 0.5) is 0 Å². The maximum absolute atomic E-state index is 6.48. The van der Waals surface area contributed by atoms with Gasteiger partial charge in [-0.15, -0.1) is 0 Å². The van der Waals surface area contributed by atoms with Crippen LogP contribution in [0.3, 0.4) is 0 Å². The third-order valence-electron chi connectivity index (χ3n) is 3.31. The number of aryl methyl sites for hydroxylation is 2. The van der Waals surface area contributed by atoms with Gasteiger partial charge in [0.1, 0.15) is 10.3 Å². The van der Waals surface area contributed by atoms with E-state index in [0.717, 1.165) is 34.3 Å². The van der Waals surface area contributed by atoms with Gasteiger partial charge in [-0.2, -0.15) is 5.10 Å². The molecule has 0 N–H and O–H groups in total. The van der Waals surface area contributed by atoms with Gasteiger partial charge in [0, 0.05) is 5.56 Å². The Labute approximate surface area is 127 Å². The zero-order chi connectivity index (χ0) is 14.3. The van der Waals surface area contributed by atoms with E-state index < -0.39 is 0 Å². The molecule has 0 spiro atoms. The molecule has 3 nitrogen and oxygen atoms in total. The second-order valence-electron chi connectivity index (χ2n) is 4.70. The maximum Gasteiger partial charge on any atom is 0.161 e. The summed E-state index contributed by atoms with van der Waals surface area (Å²) < 4.78 is 1.64. The van der Waals surface area contributed by atoms with Gasteiger partial charge in [0.05, 0.1) is 11.8 Å². The highest BCUT2D eigenvalue weighted by Crippen LogP contribution is 2.34. The van der Waals surface area contributed by atoms with Gasteiger partial charge in [-0.1, -0.05) is 60.0 Å². The molecule has 0 amide bonds. The number of halogens is 2. The highest BCUT2D eigenvalue weighted by atomic mass is 35.5. The van der Waals surface area contributed by atoms with Crippen molar-refractivity contribution in [3.63, 3.8) is 0 Å². The lowest BCUT2D eigenvalue weighted by Crippen LogP contribution is -1.98. The van der Waals surface area contributed by atoms with Crippen molar-refractivity contribution in [1.29, 1.82) is 0 Å². The molecule has 2 heterocycles. The van der Waals surface area contributed by atoms with E-state index in [0.29, 0.717) is 10.3 Å². The molecular weight excluding hydrogens is 293 g/mol. The summed E-state index contributed by atoms with van der Waals surface area (Å²) in [5, 5.41) is 5.20. The summed E-state index contributed by atoms with van der Waals surface area (Å²) >= 11 is 12.8. The van der Waals surface area contributed by atoms with E-state index in [1.807, 2.05) is 31.2 Å². The molecule has 5 heteroatoms. The summed E-state index contributed by atoms with van der Waals surface area (Å²) in [6, 6.07) is 8.01. The second kappa shape index (κ2) is 5.08. The standard InChI is InChI=1S/C15H13Cl2N3/c1-3-10-8-18-20-14(17)12(13(16)19-15(10)20)11-6-4-5-9(2)7-11/h4-8H,3H2,1-2H3. The molecule has 0 bridgehead atoms. The van der Waals surface area contributed by atoms with E-state index in [1.54, 1.807) is 10.7 Å². The number of nitrogens with zero attached hydrogens (tertiary/aromatic N) is 3. The molecule has 102 valence electrons.